The molecule has 3 unspecified atom stereocenters. The SMILES string of the molecule is CCC1OC(n2ccc3c(=S)nc(N)[nH]c32)CC1C. The number of rotatable bonds is 2. The minimum absolute atomic E-state index is 0.0462. The summed E-state index contributed by atoms with van der Waals surface area (Å²) in [4.78, 5) is 7.16. The van der Waals surface area contributed by atoms with E-state index < -0.39 is 0 Å². The molecule has 3 N–H and O–H groups in total. The Hall–Kier alpha value is -1.40. The van der Waals surface area contributed by atoms with Gasteiger partial charge in [0.1, 0.15) is 16.5 Å². The van der Waals surface area contributed by atoms with Crippen LogP contribution < -0.4 is 5.73 Å². The fourth-order valence-corrected chi connectivity index (χ4v) is 3.11. The smallest absolute Gasteiger partial charge is 0.200 e. The molecule has 0 aromatic carbocycles. The summed E-state index contributed by atoms with van der Waals surface area (Å²) >= 11 is 5.23. The van der Waals surface area contributed by atoms with E-state index in [0.29, 0.717) is 22.6 Å². The van der Waals surface area contributed by atoms with Crippen LogP contribution in [0, 0.1) is 10.6 Å². The van der Waals surface area contributed by atoms with Crippen molar-refractivity contribution in [2.75, 3.05) is 5.73 Å². The lowest BCUT2D eigenvalue weighted by Crippen LogP contribution is -2.12. The highest BCUT2D eigenvalue weighted by Gasteiger charge is 2.32. The number of fused-ring (bicyclic) bond motifs is 1. The molecule has 102 valence electrons. The monoisotopic (exact) mass is 278 g/mol. The van der Waals surface area contributed by atoms with Crippen LogP contribution in [-0.4, -0.2) is 20.6 Å². The van der Waals surface area contributed by atoms with E-state index in [1.165, 1.54) is 0 Å². The molecule has 0 amide bonds. The normalized spacial score (nSPS) is 27.2. The first-order valence-electron chi connectivity index (χ1n) is 6.62. The van der Waals surface area contributed by atoms with Crippen LogP contribution in [0.25, 0.3) is 11.0 Å². The first kappa shape index (κ1) is 12.6. The predicted molar refractivity (Wildman–Crippen MR) is 77.3 cm³/mol. The topological polar surface area (TPSA) is 68.9 Å². The number of H-pyrrole nitrogens is 1. The van der Waals surface area contributed by atoms with Crippen LogP contribution in [0.2, 0.25) is 0 Å². The maximum Gasteiger partial charge on any atom is 0.200 e. The Kier molecular flexibility index (Phi) is 3.06. The maximum atomic E-state index is 6.10. The Labute approximate surface area is 116 Å². The van der Waals surface area contributed by atoms with E-state index in [1.54, 1.807) is 0 Å². The molecule has 1 saturated heterocycles. The molecule has 2 aromatic rings. The zero-order valence-electron chi connectivity index (χ0n) is 11.1. The fourth-order valence-electron chi connectivity index (χ4n) is 2.85. The summed E-state index contributed by atoms with van der Waals surface area (Å²) in [5.74, 6) is 0.908. The van der Waals surface area contributed by atoms with Crippen LogP contribution in [0.4, 0.5) is 5.95 Å². The van der Waals surface area contributed by atoms with Gasteiger partial charge in [-0.05, 0) is 24.8 Å². The van der Waals surface area contributed by atoms with Crippen LogP contribution in [0.15, 0.2) is 12.3 Å². The Morgan fingerprint density at radius 2 is 2.42 bits per heavy atom. The number of hydrogen-bond donors (Lipinski definition) is 2. The standard InChI is InChI=1S/C13H18N4OS/c1-3-9-7(2)6-10(18-9)17-5-4-8-11(17)15-13(14)16-12(8)19/h4-5,7,9-10H,3,6H2,1-2H3,(H3,14,15,16,19). The largest absolute Gasteiger partial charge is 0.369 e. The first-order chi connectivity index (χ1) is 9.10. The van der Waals surface area contributed by atoms with Crippen molar-refractivity contribution in [2.24, 2.45) is 5.92 Å². The van der Waals surface area contributed by atoms with Crippen molar-refractivity contribution < 1.29 is 4.74 Å². The summed E-state index contributed by atoms with van der Waals surface area (Å²) in [5.41, 5.74) is 6.64. The van der Waals surface area contributed by atoms with E-state index in [4.69, 9.17) is 22.7 Å². The van der Waals surface area contributed by atoms with Gasteiger partial charge in [0, 0.05) is 6.20 Å². The van der Waals surface area contributed by atoms with Gasteiger partial charge in [-0.3, -0.25) is 0 Å². The molecule has 0 bridgehead atoms. The molecular formula is C13H18N4OS. The van der Waals surface area contributed by atoms with Crippen LogP contribution >= 0.6 is 12.2 Å². The van der Waals surface area contributed by atoms with Crippen molar-refractivity contribution >= 4 is 29.2 Å². The second kappa shape index (κ2) is 4.61. The molecule has 1 aliphatic heterocycles. The number of ether oxygens (including phenoxy) is 1. The third-order valence-electron chi connectivity index (χ3n) is 3.87. The summed E-state index contributed by atoms with van der Waals surface area (Å²) in [7, 11) is 0. The second-order valence-electron chi connectivity index (χ2n) is 5.16. The Balaban J connectivity index is 2.05. The van der Waals surface area contributed by atoms with Gasteiger partial charge in [0.15, 0.2) is 5.95 Å². The average Bonchev–Trinajstić information content (AvgIpc) is 2.92. The van der Waals surface area contributed by atoms with E-state index in [0.717, 1.165) is 23.9 Å². The van der Waals surface area contributed by atoms with Gasteiger partial charge in [-0.2, -0.15) is 0 Å². The molecule has 1 aliphatic rings. The molecule has 2 aromatic heterocycles. The number of aromatic nitrogens is 3. The van der Waals surface area contributed by atoms with Gasteiger partial charge in [0.25, 0.3) is 0 Å². The second-order valence-corrected chi connectivity index (χ2v) is 5.55. The van der Waals surface area contributed by atoms with Crippen LogP contribution in [0.1, 0.15) is 32.9 Å². The number of nitrogens with two attached hydrogens (primary N) is 1. The minimum Gasteiger partial charge on any atom is -0.369 e. The average molecular weight is 278 g/mol. The maximum absolute atomic E-state index is 6.10. The minimum atomic E-state index is 0.0462. The highest BCUT2D eigenvalue weighted by atomic mass is 32.1. The molecule has 0 spiro atoms. The summed E-state index contributed by atoms with van der Waals surface area (Å²) < 4.78 is 8.71. The lowest BCUT2D eigenvalue weighted by molar-refractivity contribution is -0.00274. The number of aromatic amines is 1. The van der Waals surface area contributed by atoms with Crippen LogP contribution in [0.3, 0.4) is 0 Å². The number of hydrogen-bond acceptors (Lipinski definition) is 4. The number of nitrogens with one attached hydrogen (secondary N) is 1. The summed E-state index contributed by atoms with van der Waals surface area (Å²) in [6.45, 7) is 4.39. The molecule has 6 heteroatoms. The molecule has 0 radical (unpaired) electrons. The van der Waals surface area contributed by atoms with Crippen molar-refractivity contribution in [1.29, 1.82) is 0 Å². The molecule has 5 nitrogen and oxygen atoms in total. The number of anilines is 1. The van der Waals surface area contributed by atoms with Gasteiger partial charge >= 0.3 is 0 Å². The lowest BCUT2D eigenvalue weighted by atomic mass is 10.0. The summed E-state index contributed by atoms with van der Waals surface area (Å²) in [6, 6.07) is 1.97. The molecule has 3 heterocycles. The van der Waals surface area contributed by atoms with Crippen molar-refractivity contribution in [3.05, 3.63) is 16.9 Å². The Bertz CT molecular complexity index is 662. The van der Waals surface area contributed by atoms with Gasteiger partial charge in [0.2, 0.25) is 0 Å². The van der Waals surface area contributed by atoms with Crippen molar-refractivity contribution in [3.8, 4) is 0 Å². The van der Waals surface area contributed by atoms with E-state index in [1.807, 2.05) is 12.3 Å². The zero-order chi connectivity index (χ0) is 13.6. The molecular weight excluding hydrogens is 260 g/mol. The van der Waals surface area contributed by atoms with Gasteiger partial charge in [-0.1, -0.05) is 26.1 Å². The molecule has 3 rings (SSSR count). The predicted octanol–water partition coefficient (Wildman–Crippen LogP) is 3.01. The molecule has 3 atom stereocenters. The van der Waals surface area contributed by atoms with Gasteiger partial charge in [-0.25, -0.2) is 4.98 Å². The van der Waals surface area contributed by atoms with Crippen molar-refractivity contribution in [1.82, 2.24) is 14.5 Å². The lowest BCUT2D eigenvalue weighted by Gasteiger charge is -2.15. The van der Waals surface area contributed by atoms with E-state index in [-0.39, 0.29) is 6.23 Å². The van der Waals surface area contributed by atoms with Gasteiger partial charge < -0.3 is 20.0 Å². The highest BCUT2D eigenvalue weighted by Crippen LogP contribution is 2.36. The fraction of sp³-hybridized carbons (Fsp3) is 0.538. The third-order valence-corrected chi connectivity index (χ3v) is 4.18. The van der Waals surface area contributed by atoms with Crippen LogP contribution in [0.5, 0.6) is 0 Å². The molecule has 1 fully saturated rings. The van der Waals surface area contributed by atoms with Crippen molar-refractivity contribution in [2.45, 2.75) is 39.0 Å². The zero-order valence-corrected chi connectivity index (χ0v) is 11.9. The van der Waals surface area contributed by atoms with Gasteiger partial charge in [-0.15, -0.1) is 0 Å². The molecule has 19 heavy (non-hydrogen) atoms. The van der Waals surface area contributed by atoms with Gasteiger partial charge in [0.05, 0.1) is 11.5 Å². The van der Waals surface area contributed by atoms with Crippen molar-refractivity contribution in [3.63, 3.8) is 0 Å². The summed E-state index contributed by atoms with van der Waals surface area (Å²) in [5, 5.41) is 0.917. The molecule has 0 saturated carbocycles. The third kappa shape index (κ3) is 2.04. The number of nitrogens with zero attached hydrogens (tertiary/aromatic N) is 2. The quantitative estimate of drug-likeness (QED) is 0.829. The van der Waals surface area contributed by atoms with E-state index in [2.05, 4.69) is 28.4 Å². The number of nitrogen functional groups attached to an aromatic ring is 1. The van der Waals surface area contributed by atoms with E-state index >= 15 is 0 Å². The Morgan fingerprint density at radius 1 is 1.63 bits per heavy atom. The van der Waals surface area contributed by atoms with E-state index in [9.17, 15) is 0 Å². The first-order valence-corrected chi connectivity index (χ1v) is 7.02. The Morgan fingerprint density at radius 3 is 3.11 bits per heavy atom. The highest BCUT2D eigenvalue weighted by molar-refractivity contribution is 7.71. The summed E-state index contributed by atoms with van der Waals surface area (Å²) in [6.07, 6.45) is 4.41. The molecule has 0 aliphatic carbocycles. The van der Waals surface area contributed by atoms with Crippen LogP contribution in [-0.2, 0) is 4.74 Å².